The molecule has 0 spiro atoms. The van der Waals surface area contributed by atoms with E-state index in [-0.39, 0.29) is 0 Å². The predicted molar refractivity (Wildman–Crippen MR) is 59.1 cm³/mol. The van der Waals surface area contributed by atoms with Crippen LogP contribution in [0.2, 0.25) is 0 Å². The fourth-order valence-electron chi connectivity index (χ4n) is 1.64. The Hall–Kier alpha value is -1.20. The van der Waals surface area contributed by atoms with E-state index in [1.54, 1.807) is 0 Å². The molecule has 0 atom stereocenters. The lowest BCUT2D eigenvalue weighted by Gasteiger charge is -2.14. The molecule has 1 fully saturated rings. The Bertz CT molecular complexity index is 348. The first-order chi connectivity index (χ1) is 7.19. The highest BCUT2D eigenvalue weighted by Gasteiger charge is 2.26. The van der Waals surface area contributed by atoms with Crippen molar-refractivity contribution in [2.75, 3.05) is 12.5 Å². The number of aromatic nitrogens is 2. The van der Waals surface area contributed by atoms with Gasteiger partial charge in [0.15, 0.2) is 0 Å². The van der Waals surface area contributed by atoms with Gasteiger partial charge in [0.25, 0.3) is 0 Å². The third-order valence-corrected chi connectivity index (χ3v) is 2.61. The topological polar surface area (TPSA) is 67.1 Å². The maximum Gasteiger partial charge on any atom is 0.145 e. The second kappa shape index (κ2) is 4.12. The molecule has 0 radical (unpaired) electrons. The first-order valence-electron chi connectivity index (χ1n) is 5.20. The van der Waals surface area contributed by atoms with Gasteiger partial charge in [-0.1, -0.05) is 0 Å². The van der Waals surface area contributed by atoms with E-state index in [0.29, 0.717) is 5.82 Å². The fraction of sp³-hybridized carbons (Fsp3) is 0.600. The van der Waals surface area contributed by atoms with Crippen molar-refractivity contribution in [1.82, 2.24) is 14.9 Å². The molecule has 15 heavy (non-hydrogen) atoms. The van der Waals surface area contributed by atoms with Crippen molar-refractivity contribution in [2.24, 2.45) is 5.84 Å². The van der Waals surface area contributed by atoms with Crippen molar-refractivity contribution in [3.8, 4) is 0 Å². The summed E-state index contributed by atoms with van der Waals surface area (Å²) in [5.41, 5.74) is 3.50. The van der Waals surface area contributed by atoms with E-state index in [9.17, 15) is 0 Å². The Kier molecular flexibility index (Phi) is 2.83. The van der Waals surface area contributed by atoms with Crippen LogP contribution in [0, 0.1) is 6.92 Å². The number of anilines is 1. The summed E-state index contributed by atoms with van der Waals surface area (Å²) in [5, 5.41) is 0. The molecule has 1 aromatic rings. The Morgan fingerprint density at radius 3 is 2.87 bits per heavy atom. The number of nitrogens with two attached hydrogens (primary N) is 1. The summed E-state index contributed by atoms with van der Waals surface area (Å²) < 4.78 is 0. The van der Waals surface area contributed by atoms with Gasteiger partial charge in [-0.3, -0.25) is 4.90 Å². The monoisotopic (exact) mass is 207 g/mol. The van der Waals surface area contributed by atoms with Crippen molar-refractivity contribution < 1.29 is 0 Å². The van der Waals surface area contributed by atoms with Gasteiger partial charge in [-0.05, 0) is 26.8 Å². The molecule has 0 aromatic carbocycles. The molecule has 0 aliphatic heterocycles. The van der Waals surface area contributed by atoms with Crippen molar-refractivity contribution in [3.05, 3.63) is 17.6 Å². The summed E-state index contributed by atoms with van der Waals surface area (Å²) >= 11 is 0. The standard InChI is InChI=1S/C10H17N5/c1-7-5-9(14-11)13-10(12-7)6-15(2)8-3-4-8/h5,8H,3-4,6,11H2,1-2H3,(H,12,13,14). The number of nitrogen functional groups attached to an aromatic ring is 1. The van der Waals surface area contributed by atoms with E-state index >= 15 is 0 Å². The van der Waals surface area contributed by atoms with Crippen LogP contribution in [0.15, 0.2) is 6.07 Å². The lowest BCUT2D eigenvalue weighted by atomic mass is 10.4. The molecular weight excluding hydrogens is 190 g/mol. The van der Waals surface area contributed by atoms with Crippen LogP contribution in [-0.2, 0) is 6.54 Å². The van der Waals surface area contributed by atoms with Gasteiger partial charge >= 0.3 is 0 Å². The van der Waals surface area contributed by atoms with Crippen molar-refractivity contribution in [1.29, 1.82) is 0 Å². The zero-order chi connectivity index (χ0) is 10.8. The lowest BCUT2D eigenvalue weighted by molar-refractivity contribution is 0.308. The van der Waals surface area contributed by atoms with Gasteiger partial charge < -0.3 is 5.43 Å². The summed E-state index contributed by atoms with van der Waals surface area (Å²) in [5.74, 6) is 6.85. The molecule has 2 rings (SSSR count). The third kappa shape index (κ3) is 2.64. The normalized spacial score (nSPS) is 15.7. The molecule has 1 aliphatic carbocycles. The third-order valence-electron chi connectivity index (χ3n) is 2.61. The largest absolute Gasteiger partial charge is 0.308 e. The van der Waals surface area contributed by atoms with Crippen LogP contribution >= 0.6 is 0 Å². The van der Waals surface area contributed by atoms with Crippen LogP contribution < -0.4 is 11.3 Å². The summed E-state index contributed by atoms with van der Waals surface area (Å²) in [6.07, 6.45) is 2.59. The smallest absolute Gasteiger partial charge is 0.145 e. The van der Waals surface area contributed by atoms with Gasteiger partial charge in [-0.15, -0.1) is 0 Å². The minimum absolute atomic E-state index is 0.682. The van der Waals surface area contributed by atoms with Crippen molar-refractivity contribution >= 4 is 5.82 Å². The van der Waals surface area contributed by atoms with E-state index in [1.165, 1.54) is 12.8 Å². The Morgan fingerprint density at radius 2 is 2.27 bits per heavy atom. The highest BCUT2D eigenvalue weighted by atomic mass is 15.3. The second-order valence-corrected chi connectivity index (χ2v) is 4.10. The van der Waals surface area contributed by atoms with E-state index in [4.69, 9.17) is 5.84 Å². The SMILES string of the molecule is Cc1cc(NN)nc(CN(C)C2CC2)n1. The van der Waals surface area contributed by atoms with Crippen molar-refractivity contribution in [3.63, 3.8) is 0 Å². The number of nitrogens with zero attached hydrogens (tertiary/aromatic N) is 3. The molecule has 0 saturated heterocycles. The molecule has 1 aliphatic rings. The molecule has 3 N–H and O–H groups in total. The van der Waals surface area contributed by atoms with E-state index in [0.717, 1.165) is 24.1 Å². The summed E-state index contributed by atoms with van der Waals surface area (Å²) in [7, 11) is 2.11. The molecule has 1 saturated carbocycles. The van der Waals surface area contributed by atoms with Gasteiger partial charge in [0.1, 0.15) is 11.6 Å². The number of aryl methyl sites for hydroxylation is 1. The number of hydrogen-bond acceptors (Lipinski definition) is 5. The molecule has 82 valence electrons. The number of nitrogens with one attached hydrogen (secondary N) is 1. The van der Waals surface area contributed by atoms with Crippen LogP contribution in [0.4, 0.5) is 5.82 Å². The van der Waals surface area contributed by atoms with Crippen LogP contribution in [0.25, 0.3) is 0 Å². The highest BCUT2D eigenvalue weighted by Crippen LogP contribution is 2.26. The number of hydrogen-bond donors (Lipinski definition) is 2. The zero-order valence-electron chi connectivity index (χ0n) is 9.20. The van der Waals surface area contributed by atoms with Gasteiger partial charge in [-0.25, -0.2) is 15.8 Å². The van der Waals surface area contributed by atoms with E-state index in [2.05, 4.69) is 27.3 Å². The van der Waals surface area contributed by atoms with Crippen LogP contribution in [0.3, 0.4) is 0 Å². The van der Waals surface area contributed by atoms with Gasteiger partial charge in [0.05, 0.1) is 6.54 Å². The first-order valence-corrected chi connectivity index (χ1v) is 5.20. The van der Waals surface area contributed by atoms with Crippen LogP contribution in [0.5, 0.6) is 0 Å². The molecule has 5 heteroatoms. The summed E-state index contributed by atoms with van der Waals surface area (Å²) in [6.45, 7) is 2.74. The number of rotatable bonds is 4. The summed E-state index contributed by atoms with van der Waals surface area (Å²) in [6, 6.07) is 2.56. The minimum Gasteiger partial charge on any atom is -0.308 e. The lowest BCUT2D eigenvalue weighted by Crippen LogP contribution is -2.22. The molecule has 1 heterocycles. The second-order valence-electron chi connectivity index (χ2n) is 4.10. The average molecular weight is 207 g/mol. The predicted octanol–water partition coefficient (Wildman–Crippen LogP) is 0.665. The van der Waals surface area contributed by atoms with Crippen molar-refractivity contribution in [2.45, 2.75) is 32.4 Å². The highest BCUT2D eigenvalue weighted by molar-refractivity contribution is 5.33. The molecule has 5 nitrogen and oxygen atoms in total. The molecule has 1 aromatic heterocycles. The zero-order valence-corrected chi connectivity index (χ0v) is 9.20. The Morgan fingerprint density at radius 1 is 1.53 bits per heavy atom. The van der Waals surface area contributed by atoms with E-state index in [1.807, 2.05) is 13.0 Å². The molecule has 0 unspecified atom stereocenters. The minimum atomic E-state index is 0.682. The molecule has 0 bridgehead atoms. The molecular formula is C10H17N5. The van der Waals surface area contributed by atoms with Crippen LogP contribution in [-0.4, -0.2) is 28.0 Å². The maximum atomic E-state index is 5.34. The van der Waals surface area contributed by atoms with Crippen LogP contribution in [0.1, 0.15) is 24.4 Å². The van der Waals surface area contributed by atoms with Gasteiger partial charge in [0.2, 0.25) is 0 Å². The summed E-state index contributed by atoms with van der Waals surface area (Å²) in [4.78, 5) is 11.0. The Labute approximate surface area is 89.7 Å². The number of hydrazine groups is 1. The van der Waals surface area contributed by atoms with E-state index < -0.39 is 0 Å². The van der Waals surface area contributed by atoms with Gasteiger partial charge in [-0.2, -0.15) is 0 Å². The maximum absolute atomic E-state index is 5.34. The average Bonchev–Trinajstić information content (AvgIpc) is 2.99. The van der Waals surface area contributed by atoms with Gasteiger partial charge in [0, 0.05) is 17.8 Å². The first kappa shape index (κ1) is 10.3. The molecule has 0 amide bonds. The fourth-order valence-corrected chi connectivity index (χ4v) is 1.64. The quantitative estimate of drug-likeness (QED) is 0.561. The Balaban J connectivity index is 2.08.